The molecule has 0 spiro atoms. The highest BCUT2D eigenvalue weighted by Gasteiger charge is 2.05. The van der Waals surface area contributed by atoms with Crippen LogP contribution >= 0.6 is 11.8 Å². The average molecular weight is 228 g/mol. The number of aliphatic hydroxyl groups excluding tert-OH is 1. The number of hydrogen-bond acceptors (Lipinski definition) is 4. The van der Waals surface area contributed by atoms with Gasteiger partial charge in [0.05, 0.1) is 0 Å². The smallest absolute Gasteiger partial charge is 0.273 e. The fourth-order valence-electron chi connectivity index (χ4n) is 1.12. The molecule has 0 atom stereocenters. The van der Waals surface area contributed by atoms with E-state index in [4.69, 9.17) is 5.11 Å². The van der Waals surface area contributed by atoms with Crippen molar-refractivity contribution < 1.29 is 5.11 Å². The van der Waals surface area contributed by atoms with Crippen LogP contribution in [0.25, 0.3) is 0 Å². The molecule has 0 aliphatic rings. The van der Waals surface area contributed by atoms with Gasteiger partial charge in [0.25, 0.3) is 5.56 Å². The topological polar surface area (TPSA) is 55.1 Å². The second kappa shape index (κ2) is 5.92. The maximum absolute atomic E-state index is 11.1. The monoisotopic (exact) mass is 228 g/mol. The van der Waals surface area contributed by atoms with Gasteiger partial charge in [-0.1, -0.05) is 11.8 Å². The largest absolute Gasteiger partial charge is 0.396 e. The van der Waals surface area contributed by atoms with E-state index in [1.165, 1.54) is 17.8 Å². The molecule has 0 amide bonds. The van der Waals surface area contributed by atoms with Gasteiger partial charge in [-0.3, -0.25) is 4.79 Å². The SMILES string of the molecule is CC(C)n1ccc(=O)nc1SCCCO. The second-order valence-electron chi connectivity index (χ2n) is 3.47. The molecule has 0 aliphatic heterocycles. The first kappa shape index (κ1) is 12.3. The third-order valence-corrected chi connectivity index (χ3v) is 2.95. The first-order valence-electron chi connectivity index (χ1n) is 4.98. The summed E-state index contributed by atoms with van der Waals surface area (Å²) in [6, 6.07) is 1.76. The van der Waals surface area contributed by atoms with E-state index in [0.29, 0.717) is 6.42 Å². The molecule has 1 heterocycles. The minimum Gasteiger partial charge on any atom is -0.396 e. The predicted molar refractivity (Wildman–Crippen MR) is 61.3 cm³/mol. The number of nitrogens with zero attached hydrogens (tertiary/aromatic N) is 2. The number of aromatic nitrogens is 2. The summed E-state index contributed by atoms with van der Waals surface area (Å²) in [7, 11) is 0. The van der Waals surface area contributed by atoms with Crippen LogP contribution < -0.4 is 5.56 Å². The van der Waals surface area contributed by atoms with Crippen LogP contribution in [0.15, 0.2) is 22.2 Å². The Kier molecular flexibility index (Phi) is 4.84. The standard InChI is InChI=1S/C10H16N2O2S/c1-8(2)12-5-4-9(14)11-10(12)15-7-3-6-13/h4-5,8,13H,3,6-7H2,1-2H3. The van der Waals surface area contributed by atoms with Crippen molar-refractivity contribution in [2.75, 3.05) is 12.4 Å². The molecule has 0 saturated heterocycles. The Morgan fingerprint density at radius 2 is 2.33 bits per heavy atom. The second-order valence-corrected chi connectivity index (χ2v) is 4.54. The molecule has 0 fully saturated rings. The molecule has 1 aromatic rings. The van der Waals surface area contributed by atoms with Crippen LogP contribution in [-0.2, 0) is 0 Å². The Labute approximate surface area is 93.3 Å². The van der Waals surface area contributed by atoms with Crippen LogP contribution in [0.2, 0.25) is 0 Å². The predicted octanol–water partition coefficient (Wildman–Crippen LogP) is 1.30. The van der Waals surface area contributed by atoms with Crippen LogP contribution in [-0.4, -0.2) is 27.0 Å². The lowest BCUT2D eigenvalue weighted by atomic mass is 10.4. The van der Waals surface area contributed by atoms with Crippen LogP contribution in [0.5, 0.6) is 0 Å². The van der Waals surface area contributed by atoms with Crippen molar-refractivity contribution in [2.24, 2.45) is 0 Å². The van der Waals surface area contributed by atoms with Crippen LogP contribution in [0.3, 0.4) is 0 Å². The average Bonchev–Trinajstić information content (AvgIpc) is 2.18. The first-order chi connectivity index (χ1) is 7.15. The molecular formula is C10H16N2O2S. The molecular weight excluding hydrogens is 212 g/mol. The summed E-state index contributed by atoms with van der Waals surface area (Å²) in [6.07, 6.45) is 2.48. The zero-order chi connectivity index (χ0) is 11.3. The van der Waals surface area contributed by atoms with Crippen LogP contribution in [0.1, 0.15) is 26.3 Å². The van der Waals surface area contributed by atoms with Gasteiger partial charge in [-0.15, -0.1) is 0 Å². The van der Waals surface area contributed by atoms with Gasteiger partial charge in [-0.05, 0) is 20.3 Å². The summed E-state index contributed by atoms with van der Waals surface area (Å²) < 4.78 is 1.96. The lowest BCUT2D eigenvalue weighted by molar-refractivity contribution is 0.296. The normalized spacial score (nSPS) is 10.9. The van der Waals surface area contributed by atoms with Gasteiger partial charge in [0.15, 0.2) is 5.16 Å². The molecule has 1 aromatic heterocycles. The van der Waals surface area contributed by atoms with Crippen LogP contribution in [0, 0.1) is 0 Å². The molecule has 15 heavy (non-hydrogen) atoms. The molecule has 1 rings (SSSR count). The van der Waals surface area contributed by atoms with Crippen LogP contribution in [0.4, 0.5) is 0 Å². The van der Waals surface area contributed by atoms with Crippen molar-refractivity contribution in [1.29, 1.82) is 0 Å². The Balaban J connectivity index is 2.82. The van der Waals surface area contributed by atoms with E-state index < -0.39 is 0 Å². The Morgan fingerprint density at radius 1 is 1.60 bits per heavy atom. The number of hydrogen-bond donors (Lipinski definition) is 1. The molecule has 1 N–H and O–H groups in total. The molecule has 0 unspecified atom stereocenters. The fourth-order valence-corrected chi connectivity index (χ4v) is 2.16. The molecule has 5 heteroatoms. The first-order valence-corrected chi connectivity index (χ1v) is 5.96. The molecule has 0 radical (unpaired) electrons. The minimum atomic E-state index is -0.210. The summed E-state index contributed by atoms with van der Waals surface area (Å²) in [5, 5.41) is 9.40. The zero-order valence-electron chi connectivity index (χ0n) is 9.01. The molecule has 0 aromatic carbocycles. The number of thioether (sulfide) groups is 1. The molecule has 0 saturated carbocycles. The lowest BCUT2D eigenvalue weighted by Gasteiger charge is -2.14. The quantitative estimate of drug-likeness (QED) is 0.469. The van der Waals surface area contributed by atoms with E-state index in [0.717, 1.165) is 10.9 Å². The molecule has 0 bridgehead atoms. The molecule has 4 nitrogen and oxygen atoms in total. The summed E-state index contributed by atoms with van der Waals surface area (Å²) in [5.41, 5.74) is -0.210. The third kappa shape index (κ3) is 3.68. The van der Waals surface area contributed by atoms with E-state index in [1.807, 2.05) is 18.4 Å². The summed E-state index contributed by atoms with van der Waals surface area (Å²) in [4.78, 5) is 15.1. The third-order valence-electron chi connectivity index (χ3n) is 1.89. The van der Waals surface area contributed by atoms with Crippen molar-refractivity contribution in [3.63, 3.8) is 0 Å². The van der Waals surface area contributed by atoms with E-state index in [1.54, 1.807) is 6.20 Å². The Morgan fingerprint density at radius 3 is 2.93 bits per heavy atom. The number of aliphatic hydroxyl groups is 1. The fraction of sp³-hybridized carbons (Fsp3) is 0.600. The van der Waals surface area contributed by atoms with Gasteiger partial charge in [-0.25, -0.2) is 0 Å². The number of rotatable bonds is 5. The van der Waals surface area contributed by atoms with Gasteiger partial charge in [0.2, 0.25) is 0 Å². The van der Waals surface area contributed by atoms with Crippen molar-refractivity contribution >= 4 is 11.8 Å². The summed E-state index contributed by atoms with van der Waals surface area (Å²) >= 11 is 1.51. The summed E-state index contributed by atoms with van der Waals surface area (Å²) in [5.74, 6) is 0.777. The van der Waals surface area contributed by atoms with E-state index in [-0.39, 0.29) is 18.2 Å². The van der Waals surface area contributed by atoms with Crippen molar-refractivity contribution in [3.05, 3.63) is 22.6 Å². The molecule has 0 aliphatic carbocycles. The van der Waals surface area contributed by atoms with Gasteiger partial charge in [0.1, 0.15) is 0 Å². The maximum Gasteiger partial charge on any atom is 0.273 e. The zero-order valence-corrected chi connectivity index (χ0v) is 9.83. The highest BCUT2D eigenvalue weighted by molar-refractivity contribution is 7.99. The minimum absolute atomic E-state index is 0.172. The lowest BCUT2D eigenvalue weighted by Crippen LogP contribution is -2.14. The van der Waals surface area contributed by atoms with Crippen molar-refractivity contribution in [2.45, 2.75) is 31.5 Å². The van der Waals surface area contributed by atoms with E-state index in [2.05, 4.69) is 4.98 Å². The van der Waals surface area contributed by atoms with Gasteiger partial charge in [-0.2, -0.15) is 4.98 Å². The molecule has 84 valence electrons. The van der Waals surface area contributed by atoms with Gasteiger partial charge in [0, 0.05) is 30.7 Å². The van der Waals surface area contributed by atoms with E-state index >= 15 is 0 Å². The van der Waals surface area contributed by atoms with Crippen molar-refractivity contribution in [3.8, 4) is 0 Å². The van der Waals surface area contributed by atoms with Crippen molar-refractivity contribution in [1.82, 2.24) is 9.55 Å². The maximum atomic E-state index is 11.1. The highest BCUT2D eigenvalue weighted by atomic mass is 32.2. The highest BCUT2D eigenvalue weighted by Crippen LogP contribution is 2.18. The summed E-state index contributed by atoms with van der Waals surface area (Å²) in [6.45, 7) is 4.26. The Hall–Kier alpha value is -0.810. The van der Waals surface area contributed by atoms with Gasteiger partial charge < -0.3 is 9.67 Å². The Bertz CT molecular complexity index is 363. The van der Waals surface area contributed by atoms with Gasteiger partial charge >= 0.3 is 0 Å². The van der Waals surface area contributed by atoms with E-state index in [9.17, 15) is 4.79 Å².